The van der Waals surface area contributed by atoms with Gasteiger partial charge in [-0.05, 0) is 25.1 Å². The molecule has 2 rings (SSSR count). The first-order chi connectivity index (χ1) is 9.17. The molecule has 0 bridgehead atoms. The second-order valence-electron chi connectivity index (χ2n) is 4.55. The van der Waals surface area contributed by atoms with E-state index < -0.39 is 0 Å². The van der Waals surface area contributed by atoms with E-state index in [2.05, 4.69) is 17.3 Å². The zero-order chi connectivity index (χ0) is 13.8. The van der Waals surface area contributed by atoms with Crippen LogP contribution < -0.4 is 5.32 Å². The second kappa shape index (κ2) is 5.97. The number of nitrogens with zero attached hydrogens (tertiary/aromatic N) is 2. The van der Waals surface area contributed by atoms with Crippen LogP contribution in [0.1, 0.15) is 36.8 Å². The molecule has 0 aliphatic heterocycles. The molecule has 0 amide bonds. The molecule has 1 aromatic carbocycles. The lowest BCUT2D eigenvalue weighted by Crippen LogP contribution is -2.25. The summed E-state index contributed by atoms with van der Waals surface area (Å²) in [5.74, 6) is -0.187. The summed E-state index contributed by atoms with van der Waals surface area (Å²) in [5, 5.41) is 7.78. The fraction of sp³-hybridized carbons (Fsp3) is 0.400. The number of aromatic nitrogens is 2. The Morgan fingerprint density at radius 1 is 1.32 bits per heavy atom. The summed E-state index contributed by atoms with van der Waals surface area (Å²) < 4.78 is 15.8. The Morgan fingerprint density at radius 2 is 2.05 bits per heavy atom. The molecule has 2 aromatic rings. The van der Waals surface area contributed by atoms with Crippen LogP contribution in [0.3, 0.4) is 0 Å². The highest BCUT2D eigenvalue weighted by molar-refractivity contribution is 5.30. The minimum Gasteiger partial charge on any atom is -0.305 e. The lowest BCUT2D eigenvalue weighted by Gasteiger charge is -2.19. The highest BCUT2D eigenvalue weighted by Crippen LogP contribution is 2.24. The van der Waals surface area contributed by atoms with Crippen LogP contribution in [-0.4, -0.2) is 16.3 Å². The molecule has 0 spiro atoms. The molecule has 1 heterocycles. The lowest BCUT2D eigenvalue weighted by molar-refractivity contribution is 0.531. The van der Waals surface area contributed by atoms with E-state index in [-0.39, 0.29) is 11.9 Å². The van der Waals surface area contributed by atoms with E-state index in [0.29, 0.717) is 5.56 Å². The maximum atomic E-state index is 14.0. The van der Waals surface area contributed by atoms with Gasteiger partial charge in [-0.25, -0.2) is 4.39 Å². The zero-order valence-corrected chi connectivity index (χ0v) is 11.7. The molecule has 0 saturated carbocycles. The summed E-state index contributed by atoms with van der Waals surface area (Å²) in [6.45, 7) is 4.86. The van der Waals surface area contributed by atoms with E-state index in [9.17, 15) is 4.39 Å². The summed E-state index contributed by atoms with van der Waals surface area (Å²) in [5.41, 5.74) is 2.68. The second-order valence-corrected chi connectivity index (χ2v) is 4.55. The first kappa shape index (κ1) is 13.7. The Balaban J connectivity index is 2.45. The van der Waals surface area contributed by atoms with Crippen LogP contribution in [0, 0.1) is 5.82 Å². The van der Waals surface area contributed by atoms with Crippen molar-refractivity contribution in [2.24, 2.45) is 7.05 Å². The zero-order valence-electron chi connectivity index (χ0n) is 11.7. The lowest BCUT2D eigenvalue weighted by atomic mass is 10.0. The first-order valence-electron chi connectivity index (χ1n) is 6.68. The molecule has 3 nitrogen and oxygen atoms in total. The molecule has 0 saturated heterocycles. The smallest absolute Gasteiger partial charge is 0.128 e. The number of hydrogen-bond donors (Lipinski definition) is 1. The molecule has 102 valence electrons. The van der Waals surface area contributed by atoms with Crippen molar-refractivity contribution in [2.75, 3.05) is 6.54 Å². The summed E-state index contributed by atoms with van der Waals surface area (Å²) >= 11 is 0. The van der Waals surface area contributed by atoms with Gasteiger partial charge in [-0.15, -0.1) is 0 Å². The van der Waals surface area contributed by atoms with E-state index >= 15 is 0 Å². The van der Waals surface area contributed by atoms with Crippen LogP contribution >= 0.6 is 0 Å². The third kappa shape index (κ3) is 2.84. The third-order valence-electron chi connectivity index (χ3n) is 3.25. The maximum absolute atomic E-state index is 14.0. The van der Waals surface area contributed by atoms with Crippen molar-refractivity contribution >= 4 is 0 Å². The maximum Gasteiger partial charge on any atom is 0.128 e. The largest absolute Gasteiger partial charge is 0.305 e. The van der Waals surface area contributed by atoms with E-state index in [1.54, 1.807) is 6.07 Å². The van der Waals surface area contributed by atoms with Gasteiger partial charge in [0.15, 0.2) is 0 Å². The van der Waals surface area contributed by atoms with E-state index in [4.69, 9.17) is 0 Å². The van der Waals surface area contributed by atoms with Gasteiger partial charge in [-0.2, -0.15) is 5.10 Å². The van der Waals surface area contributed by atoms with Gasteiger partial charge in [0.05, 0.1) is 17.4 Å². The van der Waals surface area contributed by atoms with Gasteiger partial charge in [0.2, 0.25) is 0 Å². The van der Waals surface area contributed by atoms with Gasteiger partial charge in [-0.1, -0.05) is 32.0 Å². The van der Waals surface area contributed by atoms with E-state index in [0.717, 1.165) is 24.4 Å². The highest BCUT2D eigenvalue weighted by atomic mass is 19.1. The number of hydrogen-bond acceptors (Lipinski definition) is 2. The number of benzene rings is 1. The van der Waals surface area contributed by atoms with Gasteiger partial charge in [0, 0.05) is 12.6 Å². The van der Waals surface area contributed by atoms with Gasteiger partial charge >= 0.3 is 0 Å². The van der Waals surface area contributed by atoms with Crippen molar-refractivity contribution in [3.63, 3.8) is 0 Å². The van der Waals surface area contributed by atoms with Crippen molar-refractivity contribution in [1.29, 1.82) is 0 Å². The van der Waals surface area contributed by atoms with Gasteiger partial charge in [0.25, 0.3) is 0 Å². The molecule has 1 atom stereocenters. The SMILES string of the molecule is CCNC(c1ccccc1F)c1cc(CC)nn1C. The number of nitrogens with one attached hydrogen (secondary N) is 1. The quantitative estimate of drug-likeness (QED) is 0.897. The average molecular weight is 261 g/mol. The van der Waals surface area contributed by atoms with Crippen molar-refractivity contribution in [3.8, 4) is 0 Å². The van der Waals surface area contributed by atoms with Crippen LogP contribution in [-0.2, 0) is 13.5 Å². The molecule has 0 radical (unpaired) electrons. The third-order valence-corrected chi connectivity index (χ3v) is 3.25. The average Bonchev–Trinajstić information content (AvgIpc) is 2.78. The summed E-state index contributed by atoms with van der Waals surface area (Å²) in [4.78, 5) is 0. The van der Waals surface area contributed by atoms with Crippen molar-refractivity contribution in [2.45, 2.75) is 26.3 Å². The molecular formula is C15H20FN3. The van der Waals surface area contributed by atoms with Crippen LogP contribution in [0.15, 0.2) is 30.3 Å². The normalized spacial score (nSPS) is 12.6. The minimum absolute atomic E-state index is 0.163. The highest BCUT2D eigenvalue weighted by Gasteiger charge is 2.20. The monoisotopic (exact) mass is 261 g/mol. The Labute approximate surface area is 113 Å². The molecule has 1 N–H and O–H groups in total. The van der Waals surface area contributed by atoms with Gasteiger partial charge < -0.3 is 5.32 Å². The van der Waals surface area contributed by atoms with Gasteiger partial charge in [-0.3, -0.25) is 4.68 Å². The number of halogens is 1. The van der Waals surface area contributed by atoms with Crippen molar-refractivity contribution in [1.82, 2.24) is 15.1 Å². The number of aryl methyl sites for hydroxylation is 2. The van der Waals surface area contributed by atoms with Gasteiger partial charge in [0.1, 0.15) is 5.82 Å². The van der Waals surface area contributed by atoms with Crippen LogP contribution in [0.5, 0.6) is 0 Å². The van der Waals surface area contributed by atoms with Crippen LogP contribution in [0.25, 0.3) is 0 Å². The van der Waals surface area contributed by atoms with Crippen molar-refractivity contribution in [3.05, 3.63) is 53.1 Å². The molecule has 1 aromatic heterocycles. The van der Waals surface area contributed by atoms with E-state index in [1.807, 2.05) is 36.9 Å². The summed E-state index contributed by atoms with van der Waals surface area (Å²) in [6.07, 6.45) is 0.879. The predicted molar refractivity (Wildman–Crippen MR) is 74.5 cm³/mol. The molecule has 0 aliphatic rings. The minimum atomic E-state index is -0.187. The molecule has 4 heteroatoms. The molecular weight excluding hydrogens is 241 g/mol. The van der Waals surface area contributed by atoms with E-state index in [1.165, 1.54) is 6.07 Å². The fourth-order valence-electron chi connectivity index (χ4n) is 2.27. The first-order valence-corrected chi connectivity index (χ1v) is 6.68. The Bertz CT molecular complexity index is 548. The molecule has 1 unspecified atom stereocenters. The Morgan fingerprint density at radius 3 is 2.63 bits per heavy atom. The molecule has 0 fully saturated rings. The topological polar surface area (TPSA) is 29.9 Å². The summed E-state index contributed by atoms with van der Waals surface area (Å²) in [7, 11) is 1.90. The fourth-order valence-corrected chi connectivity index (χ4v) is 2.27. The standard InChI is InChI=1S/C15H20FN3/c1-4-11-10-14(19(3)18-11)15(17-5-2)12-8-6-7-9-13(12)16/h6-10,15,17H,4-5H2,1-3H3. The summed E-state index contributed by atoms with van der Waals surface area (Å²) in [6, 6.07) is 8.77. The Hall–Kier alpha value is -1.68. The number of rotatable bonds is 5. The Kier molecular flexibility index (Phi) is 4.32. The predicted octanol–water partition coefficient (Wildman–Crippen LogP) is 2.82. The molecule has 19 heavy (non-hydrogen) atoms. The van der Waals surface area contributed by atoms with Crippen LogP contribution in [0.2, 0.25) is 0 Å². The van der Waals surface area contributed by atoms with Crippen molar-refractivity contribution < 1.29 is 4.39 Å². The van der Waals surface area contributed by atoms with Crippen LogP contribution in [0.4, 0.5) is 4.39 Å². The molecule has 0 aliphatic carbocycles.